The van der Waals surface area contributed by atoms with Crippen molar-refractivity contribution in [3.8, 4) is 0 Å². The van der Waals surface area contributed by atoms with Crippen molar-refractivity contribution in [3.63, 3.8) is 0 Å². The van der Waals surface area contributed by atoms with Crippen LogP contribution in [0.4, 0.5) is 0 Å². The molecule has 4 rings (SSSR count). The monoisotopic (exact) mass is 596 g/mol. The highest BCUT2D eigenvalue weighted by molar-refractivity contribution is 5.92. The van der Waals surface area contributed by atoms with Crippen LogP contribution in [0.2, 0.25) is 0 Å². The van der Waals surface area contributed by atoms with Gasteiger partial charge in [-0.1, -0.05) is 30.3 Å². The number of aromatic nitrogens is 2. The fourth-order valence-electron chi connectivity index (χ4n) is 4.30. The molecule has 0 radical (unpaired) electrons. The van der Waals surface area contributed by atoms with Crippen molar-refractivity contribution in [1.82, 2.24) is 9.97 Å². The third-order valence-electron chi connectivity index (χ3n) is 6.36. The molecule has 0 spiro atoms. The second-order valence-electron chi connectivity index (χ2n) is 9.61. The molecule has 43 heavy (non-hydrogen) atoms. The molecule has 0 unspecified atom stereocenters. The van der Waals surface area contributed by atoms with E-state index in [0.717, 1.165) is 22.8 Å². The number of carbonyl (C=O) groups excluding carboxylic acids is 1. The molecule has 0 aliphatic carbocycles. The van der Waals surface area contributed by atoms with E-state index in [0.29, 0.717) is 82.8 Å². The Labute approximate surface area is 252 Å². The van der Waals surface area contributed by atoms with E-state index in [2.05, 4.69) is 9.97 Å². The molecule has 0 fully saturated rings. The third-order valence-corrected chi connectivity index (χ3v) is 6.36. The van der Waals surface area contributed by atoms with Crippen LogP contribution in [0.15, 0.2) is 54.6 Å². The third kappa shape index (κ3) is 11.7. The molecule has 1 aliphatic rings. The molecule has 0 N–H and O–H groups in total. The van der Waals surface area contributed by atoms with Crippen LogP contribution in [-0.4, -0.2) is 75.9 Å². The number of rotatable bonds is 1. The Morgan fingerprint density at radius 1 is 0.512 bits per heavy atom. The lowest BCUT2D eigenvalue weighted by Crippen LogP contribution is -2.13. The maximum atomic E-state index is 12.8. The van der Waals surface area contributed by atoms with Gasteiger partial charge in [0, 0.05) is 0 Å². The second kappa shape index (κ2) is 19.1. The first kappa shape index (κ1) is 32.6. The molecular formula is C32H40N2O9. The molecule has 11 heteroatoms. The van der Waals surface area contributed by atoms with Crippen LogP contribution in [-0.2, 0) is 77.5 Å². The summed E-state index contributed by atoms with van der Waals surface area (Å²) in [6.07, 6.45) is 0. The van der Waals surface area contributed by atoms with Crippen LogP contribution in [0.3, 0.4) is 0 Å². The molecule has 232 valence electrons. The number of ether oxygens (including phenoxy) is 8. The predicted octanol–water partition coefficient (Wildman–Crippen LogP) is 3.79. The zero-order valence-electron chi connectivity index (χ0n) is 24.7. The largest absolute Gasteiger partial charge is 0.465 e. The van der Waals surface area contributed by atoms with Gasteiger partial charge in [-0.15, -0.1) is 0 Å². The minimum atomic E-state index is -0.446. The lowest BCUT2D eigenvalue weighted by Gasteiger charge is -2.14. The summed E-state index contributed by atoms with van der Waals surface area (Å²) in [5, 5.41) is 0. The molecule has 1 aromatic carbocycles. The van der Waals surface area contributed by atoms with E-state index in [1.54, 1.807) is 0 Å². The average Bonchev–Trinajstić information content (AvgIpc) is 3.03. The first-order chi connectivity index (χ1) is 21.2. The summed E-state index contributed by atoms with van der Waals surface area (Å²) in [4.78, 5) is 22.0. The topological polar surface area (TPSA) is 117 Å². The Morgan fingerprint density at radius 2 is 0.860 bits per heavy atom. The Balaban J connectivity index is 1.39. The smallest absolute Gasteiger partial charge is 0.338 e. The van der Waals surface area contributed by atoms with Gasteiger partial charge in [0.15, 0.2) is 0 Å². The van der Waals surface area contributed by atoms with Gasteiger partial charge in [0.05, 0.1) is 128 Å². The van der Waals surface area contributed by atoms with E-state index in [-0.39, 0.29) is 26.4 Å². The van der Waals surface area contributed by atoms with Crippen LogP contribution in [0.25, 0.3) is 0 Å². The molecular weight excluding hydrogens is 556 g/mol. The number of fused-ring (bicyclic) bond motifs is 6. The fourth-order valence-corrected chi connectivity index (χ4v) is 4.30. The lowest BCUT2D eigenvalue weighted by molar-refractivity contribution is -0.0142. The van der Waals surface area contributed by atoms with E-state index >= 15 is 0 Å². The molecule has 3 heterocycles. The first-order valence-electron chi connectivity index (χ1n) is 14.4. The number of hydrogen-bond donors (Lipinski definition) is 0. The molecule has 1 aliphatic heterocycles. The molecule has 2 aromatic heterocycles. The van der Waals surface area contributed by atoms with Crippen LogP contribution in [0.5, 0.6) is 0 Å². The van der Waals surface area contributed by atoms with Gasteiger partial charge >= 0.3 is 5.97 Å². The molecule has 0 amide bonds. The minimum Gasteiger partial charge on any atom is -0.465 e. The normalized spacial score (nSPS) is 17.4. The predicted molar refractivity (Wildman–Crippen MR) is 155 cm³/mol. The van der Waals surface area contributed by atoms with E-state index in [9.17, 15) is 4.79 Å². The van der Waals surface area contributed by atoms with Gasteiger partial charge in [-0.05, 0) is 35.4 Å². The number of methoxy groups -OCH3 is 1. The van der Waals surface area contributed by atoms with Crippen LogP contribution in [0.1, 0.15) is 44.3 Å². The van der Waals surface area contributed by atoms with Crippen LogP contribution >= 0.6 is 0 Å². The van der Waals surface area contributed by atoms with Crippen LogP contribution < -0.4 is 0 Å². The van der Waals surface area contributed by atoms with Crippen molar-refractivity contribution in [3.05, 3.63) is 94.1 Å². The quantitative estimate of drug-likeness (QED) is 0.382. The molecule has 0 atom stereocenters. The number of esters is 1. The minimum absolute atomic E-state index is 0.205. The first-order valence-corrected chi connectivity index (χ1v) is 14.4. The molecule has 0 saturated heterocycles. The van der Waals surface area contributed by atoms with Gasteiger partial charge in [-0.3, -0.25) is 9.97 Å². The zero-order chi connectivity index (χ0) is 30.0. The van der Waals surface area contributed by atoms with Crippen molar-refractivity contribution in [2.75, 3.05) is 60.0 Å². The Bertz CT molecular complexity index is 1170. The van der Waals surface area contributed by atoms with Gasteiger partial charge in [0.25, 0.3) is 0 Å². The molecule has 0 saturated carbocycles. The van der Waals surface area contributed by atoms with Crippen molar-refractivity contribution in [2.24, 2.45) is 0 Å². The number of carbonyl (C=O) groups is 1. The molecule has 6 bridgehead atoms. The van der Waals surface area contributed by atoms with E-state index in [1.807, 2.05) is 54.6 Å². The maximum absolute atomic E-state index is 12.8. The SMILES string of the molecule is COC(=O)c1c2cccc1COCc1cccc(n1)COCCOCCOCCOCCOCc1cccc(n1)COC2. The van der Waals surface area contributed by atoms with E-state index < -0.39 is 5.97 Å². The van der Waals surface area contributed by atoms with Gasteiger partial charge in [0.1, 0.15) is 0 Å². The Morgan fingerprint density at radius 3 is 1.26 bits per heavy atom. The number of hydrogen-bond acceptors (Lipinski definition) is 11. The van der Waals surface area contributed by atoms with E-state index in [1.165, 1.54) is 7.11 Å². The summed E-state index contributed by atoms with van der Waals surface area (Å²) in [6, 6.07) is 17.0. The highest BCUT2D eigenvalue weighted by atomic mass is 16.6. The number of nitrogens with zero attached hydrogens (tertiary/aromatic N) is 2. The van der Waals surface area contributed by atoms with Crippen molar-refractivity contribution in [2.45, 2.75) is 39.6 Å². The van der Waals surface area contributed by atoms with E-state index in [4.69, 9.17) is 37.9 Å². The van der Waals surface area contributed by atoms with Gasteiger partial charge < -0.3 is 37.9 Å². The van der Waals surface area contributed by atoms with Gasteiger partial charge in [0.2, 0.25) is 0 Å². The summed E-state index contributed by atoms with van der Waals surface area (Å²) in [5.41, 5.74) is 4.96. The average molecular weight is 597 g/mol. The van der Waals surface area contributed by atoms with Crippen molar-refractivity contribution in [1.29, 1.82) is 0 Å². The zero-order valence-corrected chi connectivity index (χ0v) is 24.7. The van der Waals surface area contributed by atoms with Gasteiger partial charge in [-0.2, -0.15) is 0 Å². The molecule has 3 aromatic rings. The van der Waals surface area contributed by atoms with Crippen molar-refractivity contribution < 1.29 is 42.7 Å². The Kier molecular flexibility index (Phi) is 14.5. The number of benzene rings is 1. The maximum Gasteiger partial charge on any atom is 0.338 e. The summed E-state index contributed by atoms with van der Waals surface area (Å²) in [7, 11) is 1.36. The second-order valence-corrected chi connectivity index (χ2v) is 9.61. The standard InChI is InChI=1S/C32H40N2O9/c1-36-32(35)31-25-5-2-6-26(31)20-43-24-30-10-4-8-28(34-30)22-41-18-16-39-14-12-37-11-13-38-15-17-40-21-27-7-3-9-29(33-27)23-42-19-25/h2-10H,11-24H2,1H3. The van der Waals surface area contributed by atoms with Crippen molar-refractivity contribution >= 4 is 5.97 Å². The van der Waals surface area contributed by atoms with Crippen LogP contribution in [0, 0.1) is 0 Å². The fraction of sp³-hybridized carbons (Fsp3) is 0.469. The summed E-state index contributed by atoms with van der Waals surface area (Å²) >= 11 is 0. The molecule has 11 nitrogen and oxygen atoms in total. The highest BCUT2D eigenvalue weighted by Crippen LogP contribution is 2.20. The Hall–Kier alpha value is -3.29. The highest BCUT2D eigenvalue weighted by Gasteiger charge is 2.17. The van der Waals surface area contributed by atoms with Gasteiger partial charge in [-0.25, -0.2) is 4.79 Å². The summed E-state index contributed by atoms with van der Waals surface area (Å²) < 4.78 is 45.0. The lowest BCUT2D eigenvalue weighted by atomic mass is 10.0. The summed E-state index contributed by atoms with van der Waals surface area (Å²) in [6.45, 7) is 5.44. The number of pyridine rings is 2. The summed E-state index contributed by atoms with van der Waals surface area (Å²) in [5.74, 6) is -0.446.